The van der Waals surface area contributed by atoms with Gasteiger partial charge in [0.25, 0.3) is 5.91 Å². The fourth-order valence-electron chi connectivity index (χ4n) is 1.62. The van der Waals surface area contributed by atoms with Crippen LogP contribution in [0.4, 0.5) is 5.69 Å². The van der Waals surface area contributed by atoms with Gasteiger partial charge in [0.1, 0.15) is 11.3 Å². The van der Waals surface area contributed by atoms with E-state index in [1.165, 1.54) is 12.5 Å². The lowest BCUT2D eigenvalue weighted by atomic mass is 10.2. The van der Waals surface area contributed by atoms with E-state index in [9.17, 15) is 9.59 Å². The number of nitrogens with one attached hydrogen (secondary N) is 2. The first-order valence-electron chi connectivity index (χ1n) is 5.19. The van der Waals surface area contributed by atoms with Crippen LogP contribution in [0, 0.1) is 6.92 Å². The molecule has 2 rings (SSSR count). The average molecular weight is 248 g/mol. The summed E-state index contributed by atoms with van der Waals surface area (Å²) < 4.78 is 1.63. The van der Waals surface area contributed by atoms with E-state index < -0.39 is 11.9 Å². The van der Waals surface area contributed by atoms with E-state index in [0.29, 0.717) is 5.69 Å². The highest BCUT2D eigenvalue weighted by Gasteiger charge is 2.18. The number of hydrogen-bond donors (Lipinski definition) is 3. The molecule has 0 bridgehead atoms. The van der Waals surface area contributed by atoms with Crippen molar-refractivity contribution in [2.24, 2.45) is 7.05 Å². The topological polar surface area (TPSA) is 100 Å². The molecule has 0 saturated carbocycles. The normalized spacial score (nSPS) is 10.3. The molecule has 3 N–H and O–H groups in total. The van der Waals surface area contributed by atoms with E-state index in [2.05, 4.69) is 15.3 Å². The number of hydrogen-bond acceptors (Lipinski definition) is 3. The second kappa shape index (κ2) is 4.36. The van der Waals surface area contributed by atoms with Crippen molar-refractivity contribution in [2.45, 2.75) is 6.92 Å². The predicted molar refractivity (Wildman–Crippen MR) is 63.7 cm³/mol. The van der Waals surface area contributed by atoms with E-state index in [4.69, 9.17) is 5.11 Å². The summed E-state index contributed by atoms with van der Waals surface area (Å²) in [5.74, 6) is -1.54. The number of amides is 1. The van der Waals surface area contributed by atoms with Crippen molar-refractivity contribution >= 4 is 17.6 Å². The Morgan fingerprint density at radius 3 is 2.78 bits per heavy atom. The molecule has 2 aromatic rings. The number of rotatable bonds is 3. The van der Waals surface area contributed by atoms with Gasteiger partial charge in [-0.3, -0.25) is 4.79 Å². The standard InChI is InChI=1S/C11H12N4O3/c1-6-9(11(17)18)7(3-12-6)14-10(16)8-4-15(2)5-13-8/h3-5,12H,1-2H3,(H,14,16)(H,17,18). The molecule has 0 aliphatic rings. The molecule has 0 aromatic carbocycles. The molecular formula is C11H12N4O3. The molecule has 1 amide bonds. The first-order chi connectivity index (χ1) is 8.49. The highest BCUT2D eigenvalue weighted by Crippen LogP contribution is 2.19. The van der Waals surface area contributed by atoms with Gasteiger partial charge in [0.2, 0.25) is 0 Å². The van der Waals surface area contributed by atoms with Gasteiger partial charge in [-0.2, -0.15) is 0 Å². The highest BCUT2D eigenvalue weighted by molar-refractivity contribution is 6.07. The van der Waals surface area contributed by atoms with Gasteiger partial charge in [-0.15, -0.1) is 0 Å². The molecule has 0 atom stereocenters. The lowest BCUT2D eigenvalue weighted by Crippen LogP contribution is -2.14. The van der Waals surface area contributed by atoms with Crippen LogP contribution in [0.25, 0.3) is 0 Å². The Morgan fingerprint density at radius 1 is 1.50 bits per heavy atom. The van der Waals surface area contributed by atoms with Crippen LogP contribution < -0.4 is 5.32 Å². The van der Waals surface area contributed by atoms with Gasteiger partial charge in [0.15, 0.2) is 0 Å². The minimum atomic E-state index is -1.09. The van der Waals surface area contributed by atoms with Gasteiger partial charge in [0.05, 0.1) is 12.0 Å². The summed E-state index contributed by atoms with van der Waals surface area (Å²) >= 11 is 0. The van der Waals surface area contributed by atoms with E-state index in [1.54, 1.807) is 24.7 Å². The Balaban J connectivity index is 2.25. The third kappa shape index (κ3) is 2.10. The number of carbonyl (C=O) groups is 2. The number of carbonyl (C=O) groups excluding carboxylic acids is 1. The first kappa shape index (κ1) is 11.9. The average Bonchev–Trinajstić information content (AvgIpc) is 2.85. The molecule has 94 valence electrons. The van der Waals surface area contributed by atoms with Crippen LogP contribution in [0.1, 0.15) is 26.5 Å². The van der Waals surface area contributed by atoms with Crippen molar-refractivity contribution in [2.75, 3.05) is 5.32 Å². The number of anilines is 1. The Kier molecular flexibility index (Phi) is 2.88. The Labute approximate surface area is 102 Å². The molecule has 0 spiro atoms. The highest BCUT2D eigenvalue weighted by atomic mass is 16.4. The molecular weight excluding hydrogens is 236 g/mol. The van der Waals surface area contributed by atoms with Crippen LogP contribution in [0.15, 0.2) is 18.7 Å². The van der Waals surface area contributed by atoms with Crippen LogP contribution in [-0.2, 0) is 7.05 Å². The number of aromatic carboxylic acids is 1. The minimum Gasteiger partial charge on any atom is -0.478 e. The smallest absolute Gasteiger partial charge is 0.339 e. The SMILES string of the molecule is Cc1[nH]cc(NC(=O)c2cn(C)cn2)c1C(=O)O. The zero-order valence-corrected chi connectivity index (χ0v) is 9.89. The summed E-state index contributed by atoms with van der Waals surface area (Å²) in [6.07, 6.45) is 4.49. The third-order valence-corrected chi connectivity index (χ3v) is 2.48. The zero-order chi connectivity index (χ0) is 13.3. The second-order valence-electron chi connectivity index (χ2n) is 3.89. The summed E-state index contributed by atoms with van der Waals surface area (Å²) in [4.78, 5) is 29.5. The van der Waals surface area contributed by atoms with Crippen LogP contribution in [0.5, 0.6) is 0 Å². The quantitative estimate of drug-likeness (QED) is 0.754. The van der Waals surface area contributed by atoms with E-state index in [0.717, 1.165) is 0 Å². The maximum absolute atomic E-state index is 11.8. The van der Waals surface area contributed by atoms with Crippen LogP contribution in [0.2, 0.25) is 0 Å². The number of aromatic amines is 1. The summed E-state index contributed by atoms with van der Waals surface area (Å²) in [6, 6.07) is 0. The van der Waals surface area contributed by atoms with Gasteiger partial charge in [-0.25, -0.2) is 9.78 Å². The lowest BCUT2D eigenvalue weighted by Gasteiger charge is -2.02. The number of H-pyrrole nitrogens is 1. The molecule has 7 heteroatoms. The Bertz CT molecular complexity index is 612. The van der Waals surface area contributed by atoms with E-state index in [-0.39, 0.29) is 16.9 Å². The zero-order valence-electron chi connectivity index (χ0n) is 9.89. The molecule has 0 aliphatic heterocycles. The summed E-state index contributed by atoms with van der Waals surface area (Å²) in [7, 11) is 1.74. The molecule has 0 aliphatic carbocycles. The maximum atomic E-state index is 11.8. The Hall–Kier alpha value is -2.57. The van der Waals surface area contributed by atoms with Crippen molar-refractivity contribution in [1.29, 1.82) is 0 Å². The Morgan fingerprint density at radius 2 is 2.22 bits per heavy atom. The molecule has 0 unspecified atom stereocenters. The molecule has 7 nitrogen and oxygen atoms in total. The fourth-order valence-corrected chi connectivity index (χ4v) is 1.62. The monoisotopic (exact) mass is 248 g/mol. The number of imidazole rings is 1. The van der Waals surface area contributed by atoms with E-state index in [1.807, 2.05) is 0 Å². The van der Waals surface area contributed by atoms with Crippen molar-refractivity contribution in [1.82, 2.24) is 14.5 Å². The molecule has 18 heavy (non-hydrogen) atoms. The molecule has 2 heterocycles. The fraction of sp³-hybridized carbons (Fsp3) is 0.182. The number of nitrogens with zero attached hydrogens (tertiary/aromatic N) is 2. The van der Waals surface area contributed by atoms with Gasteiger partial charge in [-0.05, 0) is 6.92 Å². The van der Waals surface area contributed by atoms with Gasteiger partial charge in [0, 0.05) is 25.1 Å². The number of aromatic nitrogens is 3. The van der Waals surface area contributed by atoms with Crippen molar-refractivity contribution < 1.29 is 14.7 Å². The van der Waals surface area contributed by atoms with Crippen molar-refractivity contribution in [3.05, 3.63) is 35.7 Å². The molecule has 0 fully saturated rings. The van der Waals surface area contributed by atoms with Crippen LogP contribution in [0.3, 0.4) is 0 Å². The maximum Gasteiger partial charge on any atom is 0.339 e. The molecule has 2 aromatic heterocycles. The molecule has 0 saturated heterocycles. The van der Waals surface area contributed by atoms with Crippen LogP contribution in [-0.4, -0.2) is 31.5 Å². The van der Waals surface area contributed by atoms with Crippen molar-refractivity contribution in [3.63, 3.8) is 0 Å². The second-order valence-corrected chi connectivity index (χ2v) is 3.89. The number of carboxylic acids is 1. The van der Waals surface area contributed by atoms with Gasteiger partial charge < -0.3 is 20.0 Å². The lowest BCUT2D eigenvalue weighted by molar-refractivity contribution is 0.0697. The summed E-state index contributed by atoms with van der Waals surface area (Å²) in [6.45, 7) is 1.62. The number of carboxylic acid groups (broad SMARTS) is 1. The van der Waals surface area contributed by atoms with Gasteiger partial charge in [-0.1, -0.05) is 0 Å². The van der Waals surface area contributed by atoms with Gasteiger partial charge >= 0.3 is 5.97 Å². The van der Waals surface area contributed by atoms with Crippen LogP contribution >= 0.6 is 0 Å². The minimum absolute atomic E-state index is 0.0549. The van der Waals surface area contributed by atoms with E-state index >= 15 is 0 Å². The summed E-state index contributed by atoms with van der Waals surface area (Å²) in [5, 5.41) is 11.5. The largest absolute Gasteiger partial charge is 0.478 e. The predicted octanol–water partition coefficient (Wildman–Crippen LogP) is 1.01. The third-order valence-electron chi connectivity index (χ3n) is 2.48. The molecule has 0 radical (unpaired) electrons. The van der Waals surface area contributed by atoms with Crippen molar-refractivity contribution in [3.8, 4) is 0 Å². The number of aryl methyl sites for hydroxylation is 2. The summed E-state index contributed by atoms with van der Waals surface area (Å²) in [5.41, 5.74) is 1.00. The first-order valence-corrected chi connectivity index (χ1v) is 5.19.